The van der Waals surface area contributed by atoms with Crippen molar-refractivity contribution in [2.45, 2.75) is 42.4 Å². The van der Waals surface area contributed by atoms with E-state index >= 15 is 0 Å². The minimum atomic E-state index is -0.389. The molecule has 1 N–H and O–H groups in total. The molecular formula is C22H21FN2O3S2. The van der Waals surface area contributed by atoms with Crippen LogP contribution in [0, 0.1) is 35.4 Å². The molecule has 156 valence electrons. The maximum absolute atomic E-state index is 13.4. The van der Waals surface area contributed by atoms with E-state index in [1.54, 1.807) is 11.8 Å². The Morgan fingerprint density at radius 2 is 1.80 bits per heavy atom. The molecule has 8 heteroatoms. The summed E-state index contributed by atoms with van der Waals surface area (Å²) in [6.45, 7) is 4.37. The number of carbonyl (C=O) groups is 2. The average Bonchev–Trinajstić information content (AvgIpc) is 3.44. The highest BCUT2D eigenvalue weighted by Gasteiger charge is 2.71. The summed E-state index contributed by atoms with van der Waals surface area (Å²) in [5.74, 6) is -0.770. The van der Waals surface area contributed by atoms with Gasteiger partial charge in [0, 0.05) is 15.5 Å². The third kappa shape index (κ3) is 2.16. The van der Waals surface area contributed by atoms with Gasteiger partial charge in [0.25, 0.3) is 0 Å². The molecule has 0 radical (unpaired) electrons. The van der Waals surface area contributed by atoms with Gasteiger partial charge in [-0.2, -0.15) is 0 Å². The van der Waals surface area contributed by atoms with Crippen molar-refractivity contribution in [2.24, 2.45) is 29.6 Å². The summed E-state index contributed by atoms with van der Waals surface area (Å²) < 4.78 is 13.4. The lowest BCUT2D eigenvalue weighted by molar-refractivity contribution is -0.123. The lowest BCUT2D eigenvalue weighted by Crippen LogP contribution is -2.49. The first-order valence-electron chi connectivity index (χ1n) is 10.4. The molecule has 5 nitrogen and oxygen atoms in total. The maximum Gasteiger partial charge on any atom is 0.305 e. The number of halogens is 1. The molecule has 2 aliphatic heterocycles. The number of nitrogens with one attached hydrogen (secondary N) is 1. The van der Waals surface area contributed by atoms with Gasteiger partial charge in [-0.15, -0.1) is 11.8 Å². The molecule has 4 aliphatic rings. The Labute approximate surface area is 181 Å². The van der Waals surface area contributed by atoms with E-state index in [1.807, 2.05) is 0 Å². The molecular weight excluding hydrogens is 423 g/mol. The molecule has 3 heterocycles. The van der Waals surface area contributed by atoms with Gasteiger partial charge in [-0.1, -0.05) is 25.2 Å². The molecule has 2 aromatic rings. The van der Waals surface area contributed by atoms with E-state index in [2.05, 4.69) is 18.8 Å². The first kappa shape index (κ1) is 18.8. The molecule has 0 spiro atoms. The highest BCUT2D eigenvalue weighted by Crippen LogP contribution is 2.69. The predicted octanol–water partition coefficient (Wildman–Crippen LogP) is 3.79. The summed E-state index contributed by atoms with van der Waals surface area (Å²) in [4.78, 5) is 44.3. The molecule has 2 saturated carbocycles. The van der Waals surface area contributed by atoms with Crippen LogP contribution < -0.4 is 9.77 Å². The van der Waals surface area contributed by atoms with Crippen LogP contribution in [0.3, 0.4) is 0 Å². The fourth-order valence-electron chi connectivity index (χ4n) is 6.74. The van der Waals surface area contributed by atoms with Gasteiger partial charge in [-0.25, -0.2) is 4.39 Å². The van der Waals surface area contributed by atoms with Crippen molar-refractivity contribution in [3.8, 4) is 0 Å². The van der Waals surface area contributed by atoms with Gasteiger partial charge in [0.15, 0.2) is 0 Å². The number of hydrogen-bond donors (Lipinski definition) is 1. The Morgan fingerprint density at radius 1 is 1.13 bits per heavy atom. The Hall–Kier alpha value is -1.93. The number of nitrogens with zero attached hydrogens (tertiary/aromatic N) is 1. The highest BCUT2D eigenvalue weighted by molar-refractivity contribution is 8.00. The van der Waals surface area contributed by atoms with E-state index in [0.717, 1.165) is 22.7 Å². The largest absolute Gasteiger partial charge is 0.307 e. The number of H-pyrrole nitrogens is 1. The van der Waals surface area contributed by atoms with Crippen molar-refractivity contribution in [2.75, 3.05) is 4.90 Å². The fourth-order valence-corrected chi connectivity index (χ4v) is 9.93. The van der Waals surface area contributed by atoms with Crippen LogP contribution in [-0.4, -0.2) is 22.0 Å². The van der Waals surface area contributed by atoms with Crippen LogP contribution in [-0.2, 0) is 15.0 Å². The van der Waals surface area contributed by atoms with E-state index in [1.165, 1.54) is 40.5 Å². The molecule has 1 aromatic carbocycles. The summed E-state index contributed by atoms with van der Waals surface area (Å²) >= 11 is 3.00. The second-order valence-electron chi connectivity index (χ2n) is 9.16. The van der Waals surface area contributed by atoms with Crippen molar-refractivity contribution in [1.82, 2.24) is 4.98 Å². The third-order valence-electron chi connectivity index (χ3n) is 8.05. The number of aromatic nitrogens is 1. The minimum Gasteiger partial charge on any atom is -0.307 e. The molecule has 1 aromatic heterocycles. The second kappa shape index (κ2) is 6.07. The van der Waals surface area contributed by atoms with Crippen molar-refractivity contribution >= 4 is 40.6 Å². The Morgan fingerprint density at radius 3 is 2.47 bits per heavy atom. The minimum absolute atomic E-state index is 0.0330. The molecule has 30 heavy (non-hydrogen) atoms. The zero-order valence-electron chi connectivity index (χ0n) is 16.6. The number of amides is 2. The summed E-state index contributed by atoms with van der Waals surface area (Å²) in [6, 6.07) is 5.59. The average molecular weight is 445 g/mol. The van der Waals surface area contributed by atoms with Gasteiger partial charge >= 0.3 is 4.87 Å². The molecule has 0 unspecified atom stereocenters. The standard InChI is InChI=1S/C22H21FN2O3S2/c1-3-22(2)15-11-8-12(16(15)29-18-17(22)30-21(28)24-18)14-13(11)19(26)25(20(14)27)10-6-4-9(23)5-7-10/h4-7,11-16H,3,8H2,1-2H3,(H,24,28)/t11-,12-,13-,14+,15-,16+,22-/m0/s1. The fraction of sp³-hybridized carbons (Fsp3) is 0.500. The number of aromatic amines is 1. The van der Waals surface area contributed by atoms with Crippen LogP contribution in [0.5, 0.6) is 0 Å². The molecule has 1 saturated heterocycles. The molecule has 7 atom stereocenters. The molecule has 2 aliphatic carbocycles. The normalized spacial score (nSPS) is 38.7. The van der Waals surface area contributed by atoms with Crippen molar-refractivity contribution in [3.05, 3.63) is 44.6 Å². The number of rotatable bonds is 2. The highest BCUT2D eigenvalue weighted by atomic mass is 32.2. The monoisotopic (exact) mass is 444 g/mol. The van der Waals surface area contributed by atoms with Gasteiger partial charge in [-0.05, 0) is 54.9 Å². The van der Waals surface area contributed by atoms with Gasteiger partial charge in [0.1, 0.15) is 5.82 Å². The van der Waals surface area contributed by atoms with E-state index in [9.17, 15) is 18.8 Å². The van der Waals surface area contributed by atoms with E-state index < -0.39 is 0 Å². The molecule has 2 bridgehead atoms. The number of thioether (sulfide) groups is 1. The Bertz CT molecular complexity index is 1140. The van der Waals surface area contributed by atoms with E-state index in [-0.39, 0.29) is 62.8 Å². The van der Waals surface area contributed by atoms with Crippen LogP contribution in [0.4, 0.5) is 10.1 Å². The lowest BCUT2D eigenvalue weighted by Gasteiger charge is -2.48. The van der Waals surface area contributed by atoms with Crippen LogP contribution in [0.1, 0.15) is 31.6 Å². The zero-order valence-corrected chi connectivity index (χ0v) is 18.2. The van der Waals surface area contributed by atoms with Crippen molar-refractivity contribution < 1.29 is 14.0 Å². The van der Waals surface area contributed by atoms with Gasteiger partial charge < -0.3 is 4.98 Å². The first-order chi connectivity index (χ1) is 14.3. The number of anilines is 1. The van der Waals surface area contributed by atoms with Gasteiger partial charge in [0.2, 0.25) is 11.8 Å². The van der Waals surface area contributed by atoms with E-state index in [0.29, 0.717) is 5.69 Å². The zero-order chi connectivity index (χ0) is 20.9. The number of carbonyl (C=O) groups excluding carboxylic acids is 2. The lowest BCUT2D eigenvalue weighted by atomic mass is 9.62. The summed E-state index contributed by atoms with van der Waals surface area (Å²) in [5, 5.41) is 1.18. The predicted molar refractivity (Wildman–Crippen MR) is 113 cm³/mol. The van der Waals surface area contributed by atoms with Crippen molar-refractivity contribution in [1.29, 1.82) is 0 Å². The third-order valence-corrected chi connectivity index (χ3v) is 10.8. The first-order valence-corrected chi connectivity index (χ1v) is 12.1. The van der Waals surface area contributed by atoms with Crippen LogP contribution >= 0.6 is 23.1 Å². The summed E-state index contributed by atoms with van der Waals surface area (Å²) in [7, 11) is 0. The smallest absolute Gasteiger partial charge is 0.305 e. The Balaban J connectivity index is 1.43. The second-order valence-corrected chi connectivity index (χ2v) is 11.3. The quantitative estimate of drug-likeness (QED) is 0.716. The number of fused-ring (bicyclic) bond motifs is 9. The number of hydrogen-bond acceptors (Lipinski definition) is 5. The SMILES string of the molecule is CC[C@]1(C)c2sc(=O)[nH]c2S[C@@H]2[C@H]3C[C@@H]([C@@H]4C(=O)N(c5ccc(F)cc5)C(=O)[C@H]34)[C@@H]21. The van der Waals surface area contributed by atoms with Gasteiger partial charge in [-0.3, -0.25) is 19.3 Å². The van der Waals surface area contributed by atoms with Crippen LogP contribution in [0.25, 0.3) is 0 Å². The maximum atomic E-state index is 13.4. The molecule has 2 amide bonds. The number of benzene rings is 1. The summed E-state index contributed by atoms with van der Waals surface area (Å²) in [6.07, 6.45) is 1.78. The van der Waals surface area contributed by atoms with Gasteiger partial charge in [0.05, 0.1) is 22.5 Å². The van der Waals surface area contributed by atoms with Crippen LogP contribution in [0.15, 0.2) is 34.1 Å². The molecule has 3 fully saturated rings. The summed E-state index contributed by atoms with van der Waals surface area (Å²) in [5.41, 5.74) is 0.282. The number of thiazole rings is 1. The van der Waals surface area contributed by atoms with E-state index in [4.69, 9.17) is 0 Å². The van der Waals surface area contributed by atoms with Crippen molar-refractivity contribution in [3.63, 3.8) is 0 Å². The molecule has 6 rings (SSSR count). The van der Waals surface area contributed by atoms with Crippen LogP contribution in [0.2, 0.25) is 0 Å². The topological polar surface area (TPSA) is 70.2 Å². The Kier molecular flexibility index (Phi) is 3.80. The number of imide groups is 1.